The molecule has 2 aromatic carbocycles. The Morgan fingerprint density at radius 2 is 1.86 bits per heavy atom. The van der Waals surface area contributed by atoms with Gasteiger partial charge in [-0.25, -0.2) is 9.78 Å². The number of allylic oxidation sites excluding steroid dienone is 1. The normalized spacial score (nSPS) is 14.6. The molecule has 0 fully saturated rings. The summed E-state index contributed by atoms with van der Waals surface area (Å²) in [4.78, 5) is 43.8. The van der Waals surface area contributed by atoms with Crippen LogP contribution in [0.1, 0.15) is 36.5 Å². The largest absolute Gasteiger partial charge is 0.494 e. The summed E-state index contributed by atoms with van der Waals surface area (Å²) in [6, 6.07) is 13.4. The van der Waals surface area contributed by atoms with E-state index in [1.54, 1.807) is 31.2 Å². The molecule has 0 bridgehead atoms. The van der Waals surface area contributed by atoms with E-state index < -0.39 is 16.8 Å². The minimum atomic E-state index is -0.686. The first-order chi connectivity index (χ1) is 17.3. The van der Waals surface area contributed by atoms with Gasteiger partial charge in [0.25, 0.3) is 11.2 Å². The number of nitro groups is 1. The first kappa shape index (κ1) is 25.0. The lowest BCUT2D eigenvalue weighted by atomic mass is 9.82. The molecule has 1 unspecified atom stereocenters. The molecule has 186 valence electrons. The van der Waals surface area contributed by atoms with E-state index in [-0.39, 0.29) is 11.2 Å². The van der Waals surface area contributed by atoms with Gasteiger partial charge in [-0.15, -0.1) is 0 Å². The molecule has 1 aromatic heterocycles. The van der Waals surface area contributed by atoms with Crippen molar-refractivity contribution in [1.82, 2.24) is 9.97 Å². The zero-order chi connectivity index (χ0) is 25.8. The van der Waals surface area contributed by atoms with E-state index in [4.69, 9.17) is 9.47 Å². The molecule has 1 aliphatic heterocycles. The molecule has 1 atom stereocenters. The maximum absolute atomic E-state index is 13.3. The van der Waals surface area contributed by atoms with Gasteiger partial charge >= 0.3 is 5.97 Å². The number of nitro benzene ring substituents is 1. The minimum absolute atomic E-state index is 0.0114. The number of non-ortho nitro benzene ring substituents is 1. The number of H-pyrrole nitrogens is 1. The molecule has 0 aliphatic carbocycles. The van der Waals surface area contributed by atoms with Crippen molar-refractivity contribution in [2.45, 2.75) is 30.7 Å². The summed E-state index contributed by atoms with van der Waals surface area (Å²) in [6.45, 7) is 4.15. The molecule has 1 aliphatic rings. The average molecular weight is 509 g/mol. The topological polar surface area (TPSA) is 136 Å². The second-order valence-corrected chi connectivity index (χ2v) is 8.90. The molecular weight excluding hydrogens is 484 g/mol. The Labute approximate surface area is 210 Å². The van der Waals surface area contributed by atoms with Crippen LogP contribution >= 0.6 is 11.8 Å². The van der Waals surface area contributed by atoms with E-state index in [1.807, 2.05) is 19.1 Å². The van der Waals surface area contributed by atoms with Crippen molar-refractivity contribution in [3.05, 3.63) is 97.0 Å². The predicted molar refractivity (Wildman–Crippen MR) is 135 cm³/mol. The van der Waals surface area contributed by atoms with Crippen molar-refractivity contribution in [1.29, 1.82) is 0 Å². The first-order valence-electron chi connectivity index (χ1n) is 11.1. The van der Waals surface area contributed by atoms with Crippen molar-refractivity contribution in [3.8, 4) is 5.75 Å². The number of methoxy groups -OCH3 is 1. The number of nitrogens with one attached hydrogen (secondary N) is 2. The summed E-state index contributed by atoms with van der Waals surface area (Å²) in [5.74, 6) is 0.259. The molecule has 36 heavy (non-hydrogen) atoms. The van der Waals surface area contributed by atoms with Crippen LogP contribution in [0.3, 0.4) is 0 Å². The number of nitrogens with zero attached hydrogens (tertiary/aromatic N) is 2. The van der Waals surface area contributed by atoms with Gasteiger partial charge in [-0.1, -0.05) is 36.0 Å². The Hall–Kier alpha value is -4.12. The Bertz CT molecular complexity index is 1380. The fourth-order valence-corrected chi connectivity index (χ4v) is 4.82. The number of rotatable bonds is 8. The number of benzene rings is 2. The van der Waals surface area contributed by atoms with Gasteiger partial charge in [0.1, 0.15) is 11.6 Å². The molecular formula is C25H24N4O6S. The van der Waals surface area contributed by atoms with Gasteiger partial charge in [0.15, 0.2) is 5.16 Å². The summed E-state index contributed by atoms with van der Waals surface area (Å²) < 4.78 is 10.5. The zero-order valence-electron chi connectivity index (χ0n) is 19.9. The van der Waals surface area contributed by atoms with Crippen molar-refractivity contribution in [3.63, 3.8) is 0 Å². The first-order valence-corrected chi connectivity index (χ1v) is 12.1. The van der Waals surface area contributed by atoms with Crippen molar-refractivity contribution < 1.29 is 19.2 Å². The lowest BCUT2D eigenvalue weighted by Crippen LogP contribution is -2.31. The molecule has 0 radical (unpaired) electrons. The van der Waals surface area contributed by atoms with Crippen LogP contribution in [-0.2, 0) is 15.3 Å². The van der Waals surface area contributed by atoms with E-state index in [0.29, 0.717) is 45.9 Å². The molecule has 2 N–H and O–H groups in total. The smallest absolute Gasteiger partial charge is 0.336 e. The number of carbonyl (C=O) groups is 1. The Kier molecular flexibility index (Phi) is 7.39. The van der Waals surface area contributed by atoms with E-state index >= 15 is 0 Å². The average Bonchev–Trinajstić information content (AvgIpc) is 2.87. The van der Waals surface area contributed by atoms with Crippen LogP contribution < -0.4 is 15.6 Å². The molecule has 2 heterocycles. The number of anilines is 1. The Balaban J connectivity index is 1.69. The number of aromatic amines is 1. The number of ether oxygens (including phenoxy) is 2. The van der Waals surface area contributed by atoms with Crippen LogP contribution in [0.5, 0.6) is 5.75 Å². The van der Waals surface area contributed by atoms with E-state index in [2.05, 4.69) is 15.3 Å². The fourth-order valence-electron chi connectivity index (χ4n) is 4.00. The number of hydrogen-bond acceptors (Lipinski definition) is 9. The number of carbonyl (C=O) groups excluding carboxylic acids is 1. The zero-order valence-corrected chi connectivity index (χ0v) is 20.7. The van der Waals surface area contributed by atoms with Gasteiger partial charge in [0.2, 0.25) is 0 Å². The summed E-state index contributed by atoms with van der Waals surface area (Å²) in [5.41, 5.74) is 2.37. The lowest BCUT2D eigenvalue weighted by Gasteiger charge is -2.28. The van der Waals surface area contributed by atoms with Crippen molar-refractivity contribution in [2.24, 2.45) is 0 Å². The molecule has 4 rings (SSSR count). The van der Waals surface area contributed by atoms with Crippen LogP contribution in [-0.4, -0.2) is 34.6 Å². The number of thioether (sulfide) groups is 1. The van der Waals surface area contributed by atoms with Crippen LogP contribution in [0, 0.1) is 10.1 Å². The number of aromatic nitrogens is 2. The van der Waals surface area contributed by atoms with E-state index in [0.717, 1.165) is 11.1 Å². The van der Waals surface area contributed by atoms with E-state index in [9.17, 15) is 19.7 Å². The van der Waals surface area contributed by atoms with Gasteiger partial charge in [0.05, 0.1) is 35.7 Å². The van der Waals surface area contributed by atoms with Gasteiger partial charge in [-0.3, -0.25) is 14.9 Å². The Morgan fingerprint density at radius 1 is 1.17 bits per heavy atom. The molecule has 11 heteroatoms. The van der Waals surface area contributed by atoms with Gasteiger partial charge in [0, 0.05) is 23.6 Å². The summed E-state index contributed by atoms with van der Waals surface area (Å²) in [5, 5.41) is 14.3. The summed E-state index contributed by atoms with van der Waals surface area (Å²) >= 11 is 1.29. The second-order valence-electron chi connectivity index (χ2n) is 7.94. The highest BCUT2D eigenvalue weighted by molar-refractivity contribution is 7.98. The quantitative estimate of drug-likeness (QED) is 0.149. The highest BCUT2D eigenvalue weighted by Gasteiger charge is 2.36. The van der Waals surface area contributed by atoms with Gasteiger partial charge < -0.3 is 19.8 Å². The van der Waals surface area contributed by atoms with Crippen molar-refractivity contribution >= 4 is 29.2 Å². The van der Waals surface area contributed by atoms with Crippen molar-refractivity contribution in [2.75, 3.05) is 19.0 Å². The van der Waals surface area contributed by atoms with Crippen LogP contribution in [0.25, 0.3) is 0 Å². The fraction of sp³-hybridized carbons (Fsp3) is 0.240. The molecule has 0 spiro atoms. The third-order valence-electron chi connectivity index (χ3n) is 5.67. The maximum Gasteiger partial charge on any atom is 0.336 e. The third kappa shape index (κ3) is 5.10. The number of hydrogen-bond donors (Lipinski definition) is 2. The highest BCUT2D eigenvalue weighted by atomic mass is 32.2. The Morgan fingerprint density at radius 3 is 2.47 bits per heavy atom. The SMILES string of the molecule is CCOc1ccc(C2C(C(=O)OC)=C(C)Nc3nc(SCc4ccc([N+](=O)[O-])cc4)[nH]c(=O)c32)cc1. The third-order valence-corrected chi connectivity index (χ3v) is 6.62. The lowest BCUT2D eigenvalue weighted by molar-refractivity contribution is -0.384. The van der Waals surface area contributed by atoms with E-state index in [1.165, 1.54) is 31.0 Å². The molecule has 0 amide bonds. The maximum atomic E-state index is 13.3. The molecule has 0 saturated carbocycles. The summed E-state index contributed by atoms with van der Waals surface area (Å²) in [6.07, 6.45) is 0. The molecule has 10 nitrogen and oxygen atoms in total. The molecule has 3 aromatic rings. The van der Waals surface area contributed by atoms with Gasteiger partial charge in [-0.05, 0) is 37.1 Å². The predicted octanol–water partition coefficient (Wildman–Crippen LogP) is 4.37. The second kappa shape index (κ2) is 10.6. The highest BCUT2D eigenvalue weighted by Crippen LogP contribution is 2.40. The van der Waals surface area contributed by atoms with Gasteiger partial charge in [-0.2, -0.15) is 0 Å². The minimum Gasteiger partial charge on any atom is -0.494 e. The number of esters is 1. The number of fused-ring (bicyclic) bond motifs is 1. The standard InChI is InChI=1S/C25H24N4O6S/c1-4-35-18-11-7-16(8-12-18)20-19(24(31)34-3)14(2)26-22-21(20)23(30)28-25(27-22)36-13-15-5-9-17(10-6-15)29(32)33/h5-12,20H,4,13H2,1-3H3,(H2,26,27,28,30). The monoisotopic (exact) mass is 508 g/mol. The van der Waals surface area contributed by atoms with Crippen LogP contribution in [0.15, 0.2) is 69.8 Å². The molecule has 0 saturated heterocycles. The van der Waals surface area contributed by atoms with Crippen LogP contribution in [0.2, 0.25) is 0 Å². The summed E-state index contributed by atoms with van der Waals surface area (Å²) in [7, 11) is 1.30. The van der Waals surface area contributed by atoms with Crippen LogP contribution in [0.4, 0.5) is 11.5 Å².